The molecule has 6 aromatic rings. The van der Waals surface area contributed by atoms with Gasteiger partial charge in [-0.05, 0) is 66.9 Å². The fourth-order valence-electron chi connectivity index (χ4n) is 4.24. The largest absolute Gasteiger partial charge is 0.397 e. The van der Waals surface area contributed by atoms with Gasteiger partial charge in [0.25, 0.3) is 5.69 Å². The van der Waals surface area contributed by atoms with Crippen LogP contribution in [0.4, 0.5) is 37.3 Å². The summed E-state index contributed by atoms with van der Waals surface area (Å²) in [4.78, 5) is 28.6. The van der Waals surface area contributed by atoms with Gasteiger partial charge in [0.05, 0.1) is 27.3 Å². The van der Waals surface area contributed by atoms with Gasteiger partial charge in [0.2, 0.25) is 0 Å². The van der Waals surface area contributed by atoms with E-state index in [9.17, 15) is 14.5 Å². The molecule has 11 nitrogen and oxygen atoms in total. The molecule has 0 atom stereocenters. The third-order valence-corrected chi connectivity index (χ3v) is 7.30. The minimum Gasteiger partial charge on any atom is -0.397 e. The normalized spacial score (nSPS) is 11.2. The molecular formula is C27H19F2N9O2S. The Kier molecular flexibility index (Phi) is 6.51. The van der Waals surface area contributed by atoms with Crippen LogP contribution in [0.3, 0.4) is 0 Å². The van der Waals surface area contributed by atoms with E-state index in [0.29, 0.717) is 33.0 Å². The first-order valence-electron chi connectivity index (χ1n) is 12.1. The van der Waals surface area contributed by atoms with Crippen molar-refractivity contribution in [2.45, 2.75) is 11.8 Å². The number of hydrogen-bond donors (Lipinski definition) is 3. The number of nitrogens with zero attached hydrogens (tertiary/aromatic N) is 6. The Bertz CT molecular complexity index is 1980. The summed E-state index contributed by atoms with van der Waals surface area (Å²) in [5.74, 6) is -1.16. The number of non-ortho nitro benzene ring substituents is 1. The Morgan fingerprint density at radius 3 is 2.68 bits per heavy atom. The summed E-state index contributed by atoms with van der Waals surface area (Å²) < 4.78 is 35.0. The Balaban J connectivity index is 1.32. The van der Waals surface area contributed by atoms with Crippen molar-refractivity contribution in [3.8, 4) is 5.82 Å². The topological polar surface area (TPSA) is 150 Å². The molecule has 3 heterocycles. The number of nitrogens with one attached hydrogen (secondary N) is 2. The number of nitro groups is 1. The summed E-state index contributed by atoms with van der Waals surface area (Å²) in [5, 5.41) is 13.7. The number of para-hydroxylation sites is 1. The minimum absolute atomic E-state index is 0.00821. The van der Waals surface area contributed by atoms with Crippen molar-refractivity contribution in [1.29, 1.82) is 0 Å². The highest BCUT2D eigenvalue weighted by atomic mass is 32.2. The van der Waals surface area contributed by atoms with Crippen molar-refractivity contribution in [3.05, 3.63) is 101 Å². The lowest BCUT2D eigenvalue weighted by atomic mass is 10.2. The third-order valence-electron chi connectivity index (χ3n) is 6.30. The van der Waals surface area contributed by atoms with E-state index in [2.05, 4.69) is 30.0 Å². The van der Waals surface area contributed by atoms with Gasteiger partial charge >= 0.3 is 0 Å². The maximum atomic E-state index is 15.6. The van der Waals surface area contributed by atoms with Crippen LogP contribution in [0.5, 0.6) is 0 Å². The molecule has 3 aromatic carbocycles. The highest BCUT2D eigenvalue weighted by Crippen LogP contribution is 2.34. The lowest BCUT2D eigenvalue weighted by molar-refractivity contribution is -0.385. The molecule has 0 saturated carbocycles. The molecule has 0 saturated heterocycles. The minimum atomic E-state index is -0.893. The van der Waals surface area contributed by atoms with Crippen LogP contribution in [0, 0.1) is 28.7 Å². The second-order valence-electron chi connectivity index (χ2n) is 8.91. The monoisotopic (exact) mass is 571 g/mol. The fourth-order valence-corrected chi connectivity index (χ4v) is 4.97. The zero-order valence-electron chi connectivity index (χ0n) is 21.2. The summed E-state index contributed by atoms with van der Waals surface area (Å²) in [6.07, 6.45) is 2.86. The molecule has 3 aromatic heterocycles. The van der Waals surface area contributed by atoms with Crippen molar-refractivity contribution >= 4 is 62.6 Å². The van der Waals surface area contributed by atoms with Crippen LogP contribution < -0.4 is 15.8 Å². The van der Waals surface area contributed by atoms with Gasteiger partial charge in [0, 0.05) is 17.0 Å². The Morgan fingerprint density at radius 1 is 1.02 bits per heavy atom. The van der Waals surface area contributed by atoms with E-state index in [1.165, 1.54) is 24.5 Å². The van der Waals surface area contributed by atoms with E-state index in [1.54, 1.807) is 48.1 Å². The zero-order valence-corrected chi connectivity index (χ0v) is 22.0. The van der Waals surface area contributed by atoms with Crippen LogP contribution in [0.15, 0.2) is 78.2 Å². The molecule has 0 aliphatic heterocycles. The number of pyridine rings is 1. The van der Waals surface area contributed by atoms with Crippen molar-refractivity contribution < 1.29 is 13.7 Å². The zero-order chi connectivity index (χ0) is 28.7. The van der Waals surface area contributed by atoms with E-state index in [-0.39, 0.29) is 22.7 Å². The number of imidazole rings is 1. The lowest BCUT2D eigenvalue weighted by Gasteiger charge is -2.14. The van der Waals surface area contributed by atoms with E-state index in [4.69, 9.17) is 5.73 Å². The molecule has 0 amide bonds. The predicted molar refractivity (Wildman–Crippen MR) is 153 cm³/mol. The molecule has 6 rings (SSSR count). The second kappa shape index (κ2) is 10.3. The van der Waals surface area contributed by atoms with Gasteiger partial charge in [-0.1, -0.05) is 6.07 Å². The predicted octanol–water partition coefficient (Wildman–Crippen LogP) is 6.30. The van der Waals surface area contributed by atoms with E-state index in [0.717, 1.165) is 23.5 Å². The fraction of sp³-hybridized carbons (Fsp3) is 0.0370. The third kappa shape index (κ3) is 4.80. The van der Waals surface area contributed by atoms with Gasteiger partial charge in [-0.15, -0.1) is 0 Å². The Morgan fingerprint density at radius 2 is 1.88 bits per heavy atom. The van der Waals surface area contributed by atoms with Crippen LogP contribution in [-0.2, 0) is 0 Å². The highest BCUT2D eigenvalue weighted by molar-refractivity contribution is 8.00. The van der Waals surface area contributed by atoms with Gasteiger partial charge in [-0.2, -0.15) is 0 Å². The van der Waals surface area contributed by atoms with Crippen molar-refractivity contribution in [3.63, 3.8) is 0 Å². The number of rotatable bonds is 7. The molecular weight excluding hydrogens is 552 g/mol. The van der Waals surface area contributed by atoms with Crippen LogP contribution >= 0.6 is 11.9 Å². The molecule has 0 bridgehead atoms. The number of nitro benzene ring substituents is 1. The molecule has 14 heteroatoms. The number of benzene rings is 3. The van der Waals surface area contributed by atoms with Crippen molar-refractivity contribution in [2.75, 3.05) is 15.8 Å². The van der Waals surface area contributed by atoms with Gasteiger partial charge < -0.3 is 15.8 Å². The van der Waals surface area contributed by atoms with E-state index >= 15 is 4.39 Å². The number of aryl methyl sites for hydroxylation is 1. The number of halogens is 2. The molecule has 0 aliphatic carbocycles. The molecule has 204 valence electrons. The number of fused-ring (bicyclic) bond motifs is 2. The Hall–Kier alpha value is -5.37. The number of nitrogens with two attached hydrogens (primary N) is 1. The second-order valence-corrected chi connectivity index (χ2v) is 9.76. The quantitative estimate of drug-likeness (QED) is 0.0862. The number of nitrogen functional groups attached to an aromatic ring is 1. The van der Waals surface area contributed by atoms with Crippen LogP contribution in [0.1, 0.15) is 5.56 Å². The van der Waals surface area contributed by atoms with Crippen LogP contribution in [0.2, 0.25) is 0 Å². The van der Waals surface area contributed by atoms with Crippen molar-refractivity contribution in [2.24, 2.45) is 0 Å². The lowest BCUT2D eigenvalue weighted by Crippen LogP contribution is -2.05. The molecule has 0 radical (unpaired) electrons. The Labute approximate surface area is 234 Å². The molecule has 0 aliphatic rings. The number of aromatic nitrogens is 5. The first-order chi connectivity index (χ1) is 19.8. The summed E-state index contributed by atoms with van der Waals surface area (Å²) in [6.45, 7) is 1.70. The van der Waals surface area contributed by atoms with Crippen LogP contribution in [-0.4, -0.2) is 29.4 Å². The molecule has 4 N–H and O–H groups in total. The van der Waals surface area contributed by atoms with Crippen molar-refractivity contribution in [1.82, 2.24) is 24.5 Å². The standard InChI is InChI=1S/C27H19F2N9O2S/c1-14-11-15(38(39)40)5-9-21(14)41-36-18-7-6-16(28)24(23(18)29)35-27-26-19(31-12-32-27)8-10-22(34-26)37-13-33-25-17(30)3-2-4-20(25)37/h2-13,36H,30H2,1H3,(H,31,32,35). The summed E-state index contributed by atoms with van der Waals surface area (Å²) in [6, 6.07) is 15.6. The van der Waals surface area contributed by atoms with Gasteiger partial charge in [0.15, 0.2) is 11.6 Å². The molecule has 0 unspecified atom stereocenters. The number of hydrogen-bond acceptors (Lipinski definition) is 10. The van der Waals surface area contributed by atoms with E-state index in [1.807, 2.05) is 6.07 Å². The maximum Gasteiger partial charge on any atom is 0.269 e. The smallest absolute Gasteiger partial charge is 0.269 e. The van der Waals surface area contributed by atoms with Gasteiger partial charge in [-0.25, -0.2) is 28.7 Å². The van der Waals surface area contributed by atoms with E-state index < -0.39 is 22.2 Å². The summed E-state index contributed by atoms with van der Waals surface area (Å²) in [7, 11) is 0. The van der Waals surface area contributed by atoms with Gasteiger partial charge in [0.1, 0.15) is 41.0 Å². The summed E-state index contributed by atoms with van der Waals surface area (Å²) in [5.41, 5.74) is 8.78. The highest BCUT2D eigenvalue weighted by Gasteiger charge is 2.18. The molecule has 0 fully saturated rings. The van der Waals surface area contributed by atoms with Gasteiger partial charge in [-0.3, -0.25) is 14.7 Å². The SMILES string of the molecule is Cc1cc([N+](=O)[O-])ccc1SNc1ccc(F)c(Nc2ncnc3ccc(-n4cnc5c(N)cccc54)nc23)c1F. The van der Waals surface area contributed by atoms with Crippen LogP contribution in [0.25, 0.3) is 27.9 Å². The molecule has 0 spiro atoms. The average Bonchev–Trinajstić information content (AvgIpc) is 3.41. The first-order valence-corrected chi connectivity index (χ1v) is 12.9. The molecule has 41 heavy (non-hydrogen) atoms. The maximum absolute atomic E-state index is 15.6. The average molecular weight is 572 g/mol. The first kappa shape index (κ1) is 25.9. The summed E-state index contributed by atoms with van der Waals surface area (Å²) >= 11 is 1.04. The number of anilines is 4.